The molecular formula is C17H26N4O2. The van der Waals surface area contributed by atoms with Crippen molar-refractivity contribution in [1.82, 2.24) is 15.3 Å². The van der Waals surface area contributed by atoms with Gasteiger partial charge in [0.05, 0.1) is 12.6 Å². The van der Waals surface area contributed by atoms with Crippen molar-refractivity contribution in [2.24, 2.45) is 11.3 Å². The van der Waals surface area contributed by atoms with Gasteiger partial charge in [0.1, 0.15) is 0 Å². The fraction of sp³-hybridized carbons (Fsp3) is 0.706. The first-order valence-electron chi connectivity index (χ1n) is 8.51. The Hall–Kier alpha value is -1.69. The highest BCUT2D eigenvalue weighted by molar-refractivity contribution is 5.78. The van der Waals surface area contributed by atoms with Crippen LogP contribution in [0.5, 0.6) is 0 Å². The van der Waals surface area contributed by atoms with Gasteiger partial charge in [0.2, 0.25) is 11.9 Å². The van der Waals surface area contributed by atoms with E-state index in [0.717, 1.165) is 44.9 Å². The van der Waals surface area contributed by atoms with Crippen LogP contribution in [0, 0.1) is 11.3 Å². The molecule has 1 N–H and O–H groups in total. The van der Waals surface area contributed by atoms with Crippen molar-refractivity contribution in [3.8, 4) is 0 Å². The van der Waals surface area contributed by atoms with Gasteiger partial charge in [-0.15, -0.1) is 0 Å². The first-order chi connectivity index (χ1) is 11.1. The van der Waals surface area contributed by atoms with E-state index < -0.39 is 0 Å². The van der Waals surface area contributed by atoms with Crippen LogP contribution >= 0.6 is 0 Å². The van der Waals surface area contributed by atoms with E-state index in [2.05, 4.69) is 20.2 Å². The van der Waals surface area contributed by atoms with E-state index in [-0.39, 0.29) is 23.3 Å². The molecule has 0 radical (unpaired) electrons. The number of piperidine rings is 1. The summed E-state index contributed by atoms with van der Waals surface area (Å²) in [4.78, 5) is 23.1. The molecule has 6 heteroatoms. The van der Waals surface area contributed by atoms with Gasteiger partial charge in [-0.25, -0.2) is 9.97 Å². The van der Waals surface area contributed by atoms with Crippen LogP contribution in [0.15, 0.2) is 18.5 Å². The molecule has 2 aliphatic heterocycles. The van der Waals surface area contributed by atoms with Gasteiger partial charge in [0, 0.05) is 38.0 Å². The number of amides is 1. The topological polar surface area (TPSA) is 67.3 Å². The molecule has 2 aliphatic rings. The van der Waals surface area contributed by atoms with Crippen LogP contribution < -0.4 is 10.2 Å². The molecule has 1 aromatic rings. The summed E-state index contributed by atoms with van der Waals surface area (Å²) in [7, 11) is 0. The predicted octanol–water partition coefficient (Wildman–Crippen LogP) is 1.62. The molecule has 126 valence electrons. The number of hydrogen-bond acceptors (Lipinski definition) is 5. The third-order valence-electron chi connectivity index (χ3n) is 5.20. The van der Waals surface area contributed by atoms with Crippen LogP contribution in [-0.2, 0) is 9.53 Å². The molecule has 1 atom stereocenters. The normalized spacial score (nSPS) is 24.0. The highest BCUT2D eigenvalue weighted by atomic mass is 16.5. The Labute approximate surface area is 137 Å². The van der Waals surface area contributed by atoms with Gasteiger partial charge in [0.25, 0.3) is 0 Å². The predicted molar refractivity (Wildman–Crippen MR) is 88.1 cm³/mol. The number of aromatic nitrogens is 2. The lowest BCUT2D eigenvalue weighted by molar-refractivity contribution is -0.128. The van der Waals surface area contributed by atoms with E-state index in [0.29, 0.717) is 6.61 Å². The number of carbonyl (C=O) groups is 1. The summed E-state index contributed by atoms with van der Waals surface area (Å²) in [5, 5.41) is 3.22. The Morgan fingerprint density at radius 2 is 2.00 bits per heavy atom. The molecule has 2 saturated heterocycles. The van der Waals surface area contributed by atoms with Gasteiger partial charge >= 0.3 is 0 Å². The van der Waals surface area contributed by atoms with E-state index in [1.54, 1.807) is 12.4 Å². The third kappa shape index (κ3) is 3.47. The lowest BCUT2D eigenvalue weighted by Gasteiger charge is -2.49. The second-order valence-electron chi connectivity index (χ2n) is 6.94. The highest BCUT2D eigenvalue weighted by Gasteiger charge is 2.44. The number of nitrogens with zero attached hydrogens (tertiary/aromatic N) is 3. The number of carbonyl (C=O) groups excluding carboxylic acids is 1. The summed E-state index contributed by atoms with van der Waals surface area (Å²) < 4.78 is 5.65. The van der Waals surface area contributed by atoms with Gasteiger partial charge in [-0.1, -0.05) is 13.8 Å². The van der Waals surface area contributed by atoms with E-state index in [4.69, 9.17) is 4.74 Å². The van der Waals surface area contributed by atoms with E-state index in [1.807, 2.05) is 19.9 Å². The Kier molecular flexibility index (Phi) is 4.80. The summed E-state index contributed by atoms with van der Waals surface area (Å²) in [6.07, 6.45) is 6.66. The minimum absolute atomic E-state index is 0.00628. The van der Waals surface area contributed by atoms with Crippen LogP contribution in [0.2, 0.25) is 0 Å². The first kappa shape index (κ1) is 16.2. The third-order valence-corrected chi connectivity index (χ3v) is 5.20. The second kappa shape index (κ2) is 6.83. The zero-order chi connectivity index (χ0) is 16.3. The Morgan fingerprint density at radius 1 is 1.30 bits per heavy atom. The van der Waals surface area contributed by atoms with Crippen molar-refractivity contribution in [2.45, 2.75) is 39.2 Å². The molecular weight excluding hydrogens is 292 g/mol. The van der Waals surface area contributed by atoms with E-state index in [1.165, 1.54) is 0 Å². The minimum Gasteiger partial charge on any atom is -0.379 e. The standard InChI is InChI=1S/C17H26N4O2/c1-13(2)15(22)20-14-12-23-11-6-17(14)4-9-21(10-5-17)16-18-7-3-8-19-16/h3,7-8,13-14H,4-6,9-12H2,1-2H3,(H,20,22)/t14-/m0/s1. The van der Waals surface area contributed by atoms with Crippen LogP contribution in [0.3, 0.4) is 0 Å². The number of nitrogens with one attached hydrogen (secondary N) is 1. The Balaban J connectivity index is 1.67. The van der Waals surface area contributed by atoms with Crippen molar-refractivity contribution in [3.63, 3.8) is 0 Å². The van der Waals surface area contributed by atoms with E-state index in [9.17, 15) is 4.79 Å². The fourth-order valence-corrected chi connectivity index (χ4v) is 3.57. The molecule has 0 aromatic carbocycles. The zero-order valence-electron chi connectivity index (χ0n) is 14.0. The van der Waals surface area contributed by atoms with Crippen molar-refractivity contribution >= 4 is 11.9 Å². The molecule has 0 bridgehead atoms. The van der Waals surface area contributed by atoms with Crippen molar-refractivity contribution in [1.29, 1.82) is 0 Å². The van der Waals surface area contributed by atoms with Gasteiger partial charge in [-0.05, 0) is 30.7 Å². The molecule has 3 heterocycles. The van der Waals surface area contributed by atoms with Crippen molar-refractivity contribution in [2.75, 3.05) is 31.2 Å². The van der Waals surface area contributed by atoms with Gasteiger partial charge < -0.3 is 15.0 Å². The molecule has 1 aromatic heterocycles. The SMILES string of the molecule is CC(C)C(=O)N[C@H]1COCCC12CCN(c1ncccn1)CC2. The second-order valence-corrected chi connectivity index (χ2v) is 6.94. The molecule has 3 rings (SSSR count). The maximum atomic E-state index is 12.1. The van der Waals surface area contributed by atoms with Gasteiger partial charge in [0.15, 0.2) is 0 Å². The minimum atomic E-state index is 0.00628. The number of ether oxygens (including phenoxy) is 1. The molecule has 0 unspecified atom stereocenters. The lowest BCUT2D eigenvalue weighted by Crippen LogP contribution is -2.58. The molecule has 23 heavy (non-hydrogen) atoms. The van der Waals surface area contributed by atoms with Crippen LogP contribution in [0.4, 0.5) is 5.95 Å². The largest absolute Gasteiger partial charge is 0.379 e. The molecule has 6 nitrogen and oxygen atoms in total. The molecule has 1 amide bonds. The van der Waals surface area contributed by atoms with Gasteiger partial charge in [-0.2, -0.15) is 0 Å². The maximum absolute atomic E-state index is 12.1. The smallest absolute Gasteiger partial charge is 0.225 e. The van der Waals surface area contributed by atoms with Crippen LogP contribution in [0.25, 0.3) is 0 Å². The lowest BCUT2D eigenvalue weighted by atomic mass is 9.69. The average molecular weight is 318 g/mol. The summed E-state index contributed by atoms with van der Waals surface area (Å²) >= 11 is 0. The Morgan fingerprint density at radius 3 is 2.65 bits per heavy atom. The number of hydrogen-bond donors (Lipinski definition) is 1. The summed E-state index contributed by atoms with van der Waals surface area (Å²) in [5.41, 5.74) is 0.147. The van der Waals surface area contributed by atoms with Crippen LogP contribution in [0.1, 0.15) is 33.1 Å². The summed E-state index contributed by atoms with van der Waals surface area (Å²) in [6, 6.07) is 1.95. The summed E-state index contributed by atoms with van der Waals surface area (Å²) in [5.74, 6) is 0.928. The number of anilines is 1. The van der Waals surface area contributed by atoms with Crippen molar-refractivity contribution in [3.05, 3.63) is 18.5 Å². The first-order valence-corrected chi connectivity index (χ1v) is 8.51. The molecule has 0 saturated carbocycles. The van der Waals surface area contributed by atoms with Crippen LogP contribution in [-0.4, -0.2) is 48.2 Å². The van der Waals surface area contributed by atoms with E-state index >= 15 is 0 Å². The quantitative estimate of drug-likeness (QED) is 0.917. The molecule has 0 aliphatic carbocycles. The highest BCUT2D eigenvalue weighted by Crippen LogP contribution is 2.41. The average Bonchev–Trinajstić information content (AvgIpc) is 2.58. The zero-order valence-corrected chi connectivity index (χ0v) is 14.0. The van der Waals surface area contributed by atoms with Crippen molar-refractivity contribution < 1.29 is 9.53 Å². The molecule has 1 spiro atoms. The van der Waals surface area contributed by atoms with Gasteiger partial charge in [-0.3, -0.25) is 4.79 Å². The summed E-state index contributed by atoms with van der Waals surface area (Å²) in [6.45, 7) is 7.13. The number of rotatable bonds is 3. The molecule has 2 fully saturated rings. The fourth-order valence-electron chi connectivity index (χ4n) is 3.57. The monoisotopic (exact) mass is 318 g/mol. The Bertz CT molecular complexity index is 527. The maximum Gasteiger partial charge on any atom is 0.225 e.